The number of nitrogens with one attached hydrogen (secondary N) is 2. The third-order valence-corrected chi connectivity index (χ3v) is 2.83. The van der Waals surface area contributed by atoms with E-state index in [4.69, 9.17) is 4.42 Å². The molecule has 0 aliphatic carbocycles. The second-order valence-corrected chi connectivity index (χ2v) is 3.97. The van der Waals surface area contributed by atoms with Crippen LogP contribution in [0.15, 0.2) is 27.9 Å². The molecule has 3 rings (SSSR count). The van der Waals surface area contributed by atoms with Crippen LogP contribution in [-0.4, -0.2) is 24.0 Å². The van der Waals surface area contributed by atoms with Gasteiger partial charge in [-0.3, -0.25) is 4.99 Å². The van der Waals surface area contributed by atoms with Crippen LogP contribution in [0.2, 0.25) is 0 Å². The quantitative estimate of drug-likeness (QED) is 0.825. The first-order valence-electron chi connectivity index (χ1n) is 5.78. The van der Waals surface area contributed by atoms with Gasteiger partial charge in [0.25, 0.3) is 0 Å². The molecule has 2 heterocycles. The van der Waals surface area contributed by atoms with E-state index in [2.05, 4.69) is 33.6 Å². The van der Waals surface area contributed by atoms with E-state index in [1.807, 2.05) is 6.07 Å². The van der Waals surface area contributed by atoms with E-state index in [-0.39, 0.29) is 0 Å². The first-order chi connectivity index (χ1) is 8.36. The summed E-state index contributed by atoms with van der Waals surface area (Å²) in [5, 5.41) is 6.43. The van der Waals surface area contributed by atoms with E-state index >= 15 is 0 Å². The first kappa shape index (κ1) is 10.1. The van der Waals surface area contributed by atoms with Gasteiger partial charge in [0.1, 0.15) is 5.52 Å². The number of nitrogens with zero attached hydrogens (tertiary/aromatic N) is 2. The van der Waals surface area contributed by atoms with Crippen LogP contribution in [0, 0.1) is 0 Å². The fourth-order valence-corrected chi connectivity index (χ4v) is 2.00. The lowest BCUT2D eigenvalue weighted by Gasteiger charge is -2.08. The molecule has 0 bridgehead atoms. The Morgan fingerprint density at radius 2 is 2.41 bits per heavy atom. The Morgan fingerprint density at radius 3 is 3.18 bits per heavy atom. The van der Waals surface area contributed by atoms with Crippen LogP contribution in [0.25, 0.3) is 11.1 Å². The highest BCUT2D eigenvalue weighted by Crippen LogP contribution is 2.23. The molecule has 0 unspecified atom stereocenters. The van der Waals surface area contributed by atoms with Gasteiger partial charge >= 0.3 is 0 Å². The SMILES string of the molecule is CCc1cc(NC2=NCCN2)cc2ocnc12. The van der Waals surface area contributed by atoms with Crippen LogP contribution < -0.4 is 10.6 Å². The minimum atomic E-state index is 0.811. The minimum Gasteiger partial charge on any atom is -0.443 e. The lowest BCUT2D eigenvalue weighted by atomic mass is 10.1. The molecular weight excluding hydrogens is 216 g/mol. The fourth-order valence-electron chi connectivity index (χ4n) is 2.00. The van der Waals surface area contributed by atoms with Crippen LogP contribution in [0.3, 0.4) is 0 Å². The zero-order chi connectivity index (χ0) is 11.7. The molecule has 2 N–H and O–H groups in total. The number of fused-ring (bicyclic) bond motifs is 1. The van der Waals surface area contributed by atoms with Gasteiger partial charge in [0.05, 0.1) is 6.54 Å². The minimum absolute atomic E-state index is 0.811. The number of benzene rings is 1. The molecule has 1 aromatic carbocycles. The van der Waals surface area contributed by atoms with E-state index in [0.717, 1.165) is 42.3 Å². The molecule has 0 saturated carbocycles. The first-order valence-corrected chi connectivity index (χ1v) is 5.78. The molecule has 1 aromatic heterocycles. The number of hydrogen-bond donors (Lipinski definition) is 2. The summed E-state index contributed by atoms with van der Waals surface area (Å²) in [6.45, 7) is 3.83. The molecule has 0 saturated heterocycles. The van der Waals surface area contributed by atoms with Gasteiger partial charge in [0, 0.05) is 18.3 Å². The van der Waals surface area contributed by atoms with Crippen molar-refractivity contribution in [3.63, 3.8) is 0 Å². The summed E-state index contributed by atoms with van der Waals surface area (Å²) in [6.07, 6.45) is 2.41. The average molecular weight is 230 g/mol. The summed E-state index contributed by atoms with van der Waals surface area (Å²) < 4.78 is 5.35. The Balaban J connectivity index is 1.98. The van der Waals surface area contributed by atoms with Crippen molar-refractivity contribution in [3.05, 3.63) is 24.1 Å². The number of oxazole rings is 1. The van der Waals surface area contributed by atoms with Crippen molar-refractivity contribution in [3.8, 4) is 0 Å². The summed E-state index contributed by atoms with van der Waals surface area (Å²) in [7, 11) is 0. The molecule has 0 amide bonds. The highest BCUT2D eigenvalue weighted by molar-refractivity contribution is 5.96. The molecule has 1 aliphatic rings. The van der Waals surface area contributed by atoms with Gasteiger partial charge in [-0.15, -0.1) is 0 Å². The number of aromatic nitrogens is 1. The molecule has 1 aliphatic heterocycles. The van der Waals surface area contributed by atoms with Crippen LogP contribution in [0.5, 0.6) is 0 Å². The zero-order valence-corrected chi connectivity index (χ0v) is 9.66. The Kier molecular flexibility index (Phi) is 2.44. The second-order valence-electron chi connectivity index (χ2n) is 3.97. The van der Waals surface area contributed by atoms with Crippen molar-refractivity contribution in [2.45, 2.75) is 13.3 Å². The molecule has 5 heteroatoms. The summed E-state index contributed by atoms with van der Waals surface area (Å²) in [5.74, 6) is 0.825. The Bertz CT molecular complexity index is 573. The van der Waals surface area contributed by atoms with Gasteiger partial charge in [-0.25, -0.2) is 4.98 Å². The Labute approximate surface area is 98.9 Å². The van der Waals surface area contributed by atoms with Gasteiger partial charge in [0.2, 0.25) is 0 Å². The summed E-state index contributed by atoms with van der Waals surface area (Å²) in [6, 6.07) is 4.04. The maximum Gasteiger partial charge on any atom is 0.195 e. The topological polar surface area (TPSA) is 62.5 Å². The average Bonchev–Trinajstić information content (AvgIpc) is 2.98. The van der Waals surface area contributed by atoms with Crippen LogP contribution in [0.4, 0.5) is 5.69 Å². The lowest BCUT2D eigenvalue weighted by Crippen LogP contribution is -2.26. The third-order valence-electron chi connectivity index (χ3n) is 2.83. The van der Waals surface area contributed by atoms with Crippen molar-refractivity contribution < 1.29 is 4.42 Å². The highest BCUT2D eigenvalue weighted by atomic mass is 16.3. The zero-order valence-electron chi connectivity index (χ0n) is 9.66. The summed E-state index contributed by atoms with van der Waals surface area (Å²) in [4.78, 5) is 8.52. The Morgan fingerprint density at radius 1 is 1.47 bits per heavy atom. The van der Waals surface area contributed by atoms with Crippen molar-refractivity contribution in [1.29, 1.82) is 0 Å². The summed E-state index contributed by atoms with van der Waals surface area (Å²) >= 11 is 0. The number of guanidine groups is 1. The van der Waals surface area contributed by atoms with Crippen molar-refractivity contribution in [2.75, 3.05) is 18.4 Å². The molecule has 0 spiro atoms. The van der Waals surface area contributed by atoms with E-state index in [9.17, 15) is 0 Å². The molecule has 88 valence electrons. The number of aryl methyl sites for hydroxylation is 1. The van der Waals surface area contributed by atoms with E-state index < -0.39 is 0 Å². The molecule has 2 aromatic rings. The second kappa shape index (κ2) is 4.08. The van der Waals surface area contributed by atoms with Gasteiger partial charge < -0.3 is 15.1 Å². The molecular formula is C12H14N4O. The maximum atomic E-state index is 5.35. The number of rotatable bonds is 2. The van der Waals surface area contributed by atoms with E-state index in [1.165, 1.54) is 12.0 Å². The largest absolute Gasteiger partial charge is 0.443 e. The van der Waals surface area contributed by atoms with E-state index in [0.29, 0.717) is 0 Å². The Hall–Kier alpha value is -2.04. The third kappa shape index (κ3) is 1.84. The van der Waals surface area contributed by atoms with Gasteiger partial charge in [-0.1, -0.05) is 6.92 Å². The lowest BCUT2D eigenvalue weighted by molar-refractivity contribution is 0.602. The van der Waals surface area contributed by atoms with Gasteiger partial charge in [-0.05, 0) is 18.1 Å². The van der Waals surface area contributed by atoms with Crippen molar-refractivity contribution >= 4 is 22.7 Å². The van der Waals surface area contributed by atoms with Gasteiger partial charge in [-0.2, -0.15) is 0 Å². The number of anilines is 1. The van der Waals surface area contributed by atoms with E-state index in [1.54, 1.807) is 0 Å². The van der Waals surface area contributed by atoms with Crippen LogP contribution in [0.1, 0.15) is 12.5 Å². The highest BCUT2D eigenvalue weighted by Gasteiger charge is 2.09. The molecule has 17 heavy (non-hydrogen) atoms. The smallest absolute Gasteiger partial charge is 0.195 e. The predicted octanol–water partition coefficient (Wildman–Crippen LogP) is 1.76. The van der Waals surface area contributed by atoms with Crippen molar-refractivity contribution in [2.24, 2.45) is 4.99 Å². The van der Waals surface area contributed by atoms with Crippen molar-refractivity contribution in [1.82, 2.24) is 10.3 Å². The molecule has 0 radical (unpaired) electrons. The standard InChI is InChI=1S/C12H14N4O/c1-2-8-5-9(16-12-13-3-4-14-12)6-10-11(8)15-7-17-10/h5-7H,2-4H2,1H3,(H2,13,14,16). The molecule has 0 atom stereocenters. The predicted molar refractivity (Wildman–Crippen MR) is 67.3 cm³/mol. The molecule has 0 fully saturated rings. The summed E-state index contributed by atoms with van der Waals surface area (Å²) in [5.41, 5.74) is 3.92. The van der Waals surface area contributed by atoms with Crippen LogP contribution in [-0.2, 0) is 6.42 Å². The fraction of sp³-hybridized carbons (Fsp3) is 0.333. The van der Waals surface area contributed by atoms with Gasteiger partial charge in [0.15, 0.2) is 17.9 Å². The number of hydrogen-bond acceptors (Lipinski definition) is 5. The normalized spacial score (nSPS) is 14.8. The van der Waals surface area contributed by atoms with Crippen LogP contribution >= 0.6 is 0 Å². The number of aliphatic imine (C=N–C) groups is 1. The maximum absolute atomic E-state index is 5.35. The molecule has 5 nitrogen and oxygen atoms in total. The monoisotopic (exact) mass is 230 g/mol.